The van der Waals surface area contributed by atoms with Crippen LogP contribution in [0.5, 0.6) is 0 Å². The first-order valence-corrected chi connectivity index (χ1v) is 8.28. The van der Waals surface area contributed by atoms with Crippen LogP contribution in [0.15, 0.2) is 23.2 Å². The van der Waals surface area contributed by atoms with Crippen molar-refractivity contribution in [2.45, 2.75) is 36.9 Å². The number of alkyl halides is 3. The predicted octanol–water partition coefficient (Wildman–Crippen LogP) is 1.88. The molecule has 0 radical (unpaired) electrons. The lowest BCUT2D eigenvalue weighted by Gasteiger charge is -2.37. The fourth-order valence-corrected chi connectivity index (χ4v) is 4.31. The number of rotatable bonds is 3. The zero-order chi connectivity index (χ0) is 16.5. The Morgan fingerprint density at radius 2 is 2.09 bits per heavy atom. The van der Waals surface area contributed by atoms with Crippen molar-refractivity contribution in [1.82, 2.24) is 9.29 Å². The van der Waals surface area contributed by atoms with Crippen molar-refractivity contribution in [1.29, 1.82) is 0 Å². The highest BCUT2D eigenvalue weighted by Gasteiger charge is 2.38. The van der Waals surface area contributed by atoms with Gasteiger partial charge in [-0.25, -0.2) is 8.42 Å². The van der Waals surface area contributed by atoms with Gasteiger partial charge in [0.2, 0.25) is 10.0 Å². The summed E-state index contributed by atoms with van der Waals surface area (Å²) in [4.78, 5) is 2.89. The van der Waals surface area contributed by atoms with Crippen LogP contribution in [0, 0.1) is 5.92 Å². The van der Waals surface area contributed by atoms with E-state index in [-0.39, 0.29) is 24.0 Å². The molecule has 1 aromatic rings. The molecule has 1 N–H and O–H groups in total. The summed E-state index contributed by atoms with van der Waals surface area (Å²) in [5.74, 6) is -0.0177. The summed E-state index contributed by atoms with van der Waals surface area (Å²) in [6.45, 7) is 1.75. The number of piperidine rings is 1. The molecule has 2 heterocycles. The fraction of sp³-hybridized carbons (Fsp3) is 0.615. The number of aromatic nitrogens is 1. The fourth-order valence-electron chi connectivity index (χ4n) is 2.62. The van der Waals surface area contributed by atoms with Gasteiger partial charge < -0.3 is 5.11 Å². The average Bonchev–Trinajstić information content (AvgIpc) is 2.46. The van der Waals surface area contributed by atoms with E-state index in [9.17, 15) is 26.7 Å². The number of sulfonamides is 1. The van der Waals surface area contributed by atoms with Crippen LogP contribution in [-0.4, -0.2) is 42.0 Å². The lowest BCUT2D eigenvalue weighted by molar-refractivity contribution is -0.141. The first kappa shape index (κ1) is 17.2. The van der Waals surface area contributed by atoms with E-state index in [1.165, 1.54) is 0 Å². The second kappa shape index (κ2) is 6.13. The number of hydrogen-bond acceptors (Lipinski definition) is 4. The molecule has 1 saturated heterocycles. The van der Waals surface area contributed by atoms with E-state index in [0.29, 0.717) is 18.7 Å². The third kappa shape index (κ3) is 3.26. The lowest BCUT2D eigenvalue weighted by atomic mass is 9.93. The smallest absolute Gasteiger partial charge is 0.395 e. The summed E-state index contributed by atoms with van der Waals surface area (Å²) < 4.78 is 63.7. The minimum absolute atomic E-state index is 0.0177. The zero-order valence-corrected chi connectivity index (χ0v) is 12.7. The molecule has 0 amide bonds. The SMILES string of the molecule is C[C@@H]1CCCN(S(=O)(=O)c2ccc(C(F)(F)F)nc2)[C@@H]1CO. The van der Waals surface area contributed by atoms with E-state index in [0.717, 1.165) is 16.8 Å². The van der Waals surface area contributed by atoms with Crippen LogP contribution in [0.2, 0.25) is 0 Å². The number of nitrogens with zero attached hydrogens (tertiary/aromatic N) is 2. The van der Waals surface area contributed by atoms with Crippen molar-refractivity contribution in [3.05, 3.63) is 24.0 Å². The third-order valence-corrected chi connectivity index (χ3v) is 5.79. The summed E-state index contributed by atoms with van der Waals surface area (Å²) in [6.07, 6.45) is -2.46. The average molecular weight is 338 g/mol. The van der Waals surface area contributed by atoms with Crippen LogP contribution >= 0.6 is 0 Å². The largest absolute Gasteiger partial charge is 0.433 e. The molecule has 9 heteroatoms. The highest BCUT2D eigenvalue weighted by Crippen LogP contribution is 2.31. The molecule has 0 unspecified atom stereocenters. The maximum absolute atomic E-state index is 12.6. The van der Waals surface area contributed by atoms with Crippen molar-refractivity contribution < 1.29 is 26.7 Å². The monoisotopic (exact) mass is 338 g/mol. The Morgan fingerprint density at radius 1 is 1.41 bits per heavy atom. The second-order valence-electron chi connectivity index (χ2n) is 5.36. The Kier molecular flexibility index (Phi) is 4.78. The lowest BCUT2D eigenvalue weighted by Crippen LogP contribution is -2.49. The summed E-state index contributed by atoms with van der Waals surface area (Å²) in [5, 5.41) is 9.42. The molecular weight excluding hydrogens is 321 g/mol. The van der Waals surface area contributed by atoms with Gasteiger partial charge in [0.15, 0.2) is 0 Å². The topological polar surface area (TPSA) is 70.5 Å². The van der Waals surface area contributed by atoms with Crippen molar-refractivity contribution >= 4 is 10.0 Å². The minimum Gasteiger partial charge on any atom is -0.395 e. The molecule has 0 aliphatic carbocycles. The maximum Gasteiger partial charge on any atom is 0.433 e. The first-order valence-electron chi connectivity index (χ1n) is 6.84. The standard InChI is InChI=1S/C13H17F3N2O3S/c1-9-3-2-6-18(11(9)8-19)22(20,21)10-4-5-12(17-7-10)13(14,15)16/h4-5,7,9,11,19H,2-3,6,8H2,1H3/t9-,11-/m1/s1. The molecule has 0 bridgehead atoms. The van der Waals surface area contributed by atoms with Gasteiger partial charge in [-0.15, -0.1) is 0 Å². The Labute approximate surface area is 126 Å². The molecule has 2 rings (SSSR count). The summed E-state index contributed by atoms with van der Waals surface area (Å²) >= 11 is 0. The Hall–Kier alpha value is -1.19. The van der Waals surface area contributed by atoms with Crippen molar-refractivity contribution in [3.8, 4) is 0 Å². The Bertz CT molecular complexity index is 616. The van der Waals surface area contributed by atoms with Gasteiger partial charge in [0.25, 0.3) is 0 Å². The van der Waals surface area contributed by atoms with Gasteiger partial charge in [0.05, 0.1) is 12.6 Å². The van der Waals surface area contributed by atoms with Crippen LogP contribution in [-0.2, 0) is 16.2 Å². The molecule has 0 aromatic carbocycles. The molecule has 1 aliphatic rings. The molecule has 124 valence electrons. The molecule has 0 spiro atoms. The van der Waals surface area contributed by atoms with Gasteiger partial charge in [-0.3, -0.25) is 4.98 Å². The Morgan fingerprint density at radius 3 is 2.59 bits per heavy atom. The number of pyridine rings is 1. The molecule has 2 atom stereocenters. The quantitative estimate of drug-likeness (QED) is 0.914. The van der Waals surface area contributed by atoms with Crippen molar-refractivity contribution in [3.63, 3.8) is 0 Å². The van der Waals surface area contributed by atoms with Crippen molar-refractivity contribution in [2.24, 2.45) is 5.92 Å². The van der Waals surface area contributed by atoms with Crippen LogP contribution in [0.25, 0.3) is 0 Å². The molecule has 1 aromatic heterocycles. The van der Waals surface area contributed by atoms with E-state index in [2.05, 4.69) is 4.98 Å². The Balaban J connectivity index is 2.33. The van der Waals surface area contributed by atoms with Gasteiger partial charge in [0, 0.05) is 12.7 Å². The van der Waals surface area contributed by atoms with E-state index < -0.39 is 27.9 Å². The minimum atomic E-state index is -4.62. The van der Waals surface area contributed by atoms with Crippen LogP contribution in [0.4, 0.5) is 13.2 Å². The summed E-state index contributed by atoms with van der Waals surface area (Å²) in [7, 11) is -3.97. The molecule has 22 heavy (non-hydrogen) atoms. The van der Waals surface area contributed by atoms with Crippen LogP contribution in [0.3, 0.4) is 0 Å². The molecule has 1 fully saturated rings. The molecule has 0 saturated carbocycles. The highest BCUT2D eigenvalue weighted by atomic mass is 32.2. The van der Waals surface area contributed by atoms with Crippen LogP contribution in [0.1, 0.15) is 25.5 Å². The maximum atomic E-state index is 12.6. The van der Waals surface area contributed by atoms with Crippen LogP contribution < -0.4 is 0 Å². The highest BCUT2D eigenvalue weighted by molar-refractivity contribution is 7.89. The normalized spacial score (nSPS) is 24.4. The van der Waals surface area contributed by atoms with E-state index in [4.69, 9.17) is 0 Å². The second-order valence-corrected chi connectivity index (χ2v) is 7.25. The zero-order valence-electron chi connectivity index (χ0n) is 11.9. The number of aliphatic hydroxyl groups excluding tert-OH is 1. The summed E-state index contributed by atoms with van der Waals surface area (Å²) in [6, 6.07) is 0.980. The molecule has 5 nitrogen and oxygen atoms in total. The van der Waals surface area contributed by atoms with Gasteiger partial charge in [-0.2, -0.15) is 17.5 Å². The van der Waals surface area contributed by atoms with Gasteiger partial charge >= 0.3 is 6.18 Å². The van der Waals surface area contributed by atoms with Gasteiger partial charge in [-0.05, 0) is 30.9 Å². The van der Waals surface area contributed by atoms with E-state index in [1.807, 2.05) is 6.92 Å². The summed E-state index contributed by atoms with van der Waals surface area (Å²) in [5.41, 5.74) is -1.14. The third-order valence-electron chi connectivity index (χ3n) is 3.89. The predicted molar refractivity (Wildman–Crippen MR) is 72.4 cm³/mol. The first-order chi connectivity index (χ1) is 10.2. The van der Waals surface area contributed by atoms with E-state index >= 15 is 0 Å². The molecule has 1 aliphatic heterocycles. The van der Waals surface area contributed by atoms with E-state index in [1.54, 1.807) is 0 Å². The van der Waals surface area contributed by atoms with Gasteiger partial charge in [-0.1, -0.05) is 6.92 Å². The van der Waals surface area contributed by atoms with Crippen molar-refractivity contribution in [2.75, 3.05) is 13.2 Å². The number of hydrogen-bond donors (Lipinski definition) is 1. The van der Waals surface area contributed by atoms with Gasteiger partial charge in [0.1, 0.15) is 10.6 Å². The number of aliphatic hydroxyl groups is 1. The molecular formula is C13H17F3N2O3S. The number of halogens is 3.